The van der Waals surface area contributed by atoms with Gasteiger partial charge in [-0.05, 0) is 24.3 Å². The number of nitrogens with one attached hydrogen (secondary N) is 2. The second-order valence-electron chi connectivity index (χ2n) is 3.35. The van der Waals surface area contributed by atoms with Crippen LogP contribution in [0.3, 0.4) is 0 Å². The quantitative estimate of drug-likeness (QED) is 0.375. The van der Waals surface area contributed by atoms with Gasteiger partial charge in [0.2, 0.25) is 12.3 Å². The van der Waals surface area contributed by atoms with Crippen LogP contribution in [0.15, 0.2) is 0 Å². The summed E-state index contributed by atoms with van der Waals surface area (Å²) in [5.74, 6) is 0.437. The first-order valence-corrected chi connectivity index (χ1v) is 6.48. The topological polar surface area (TPSA) is 95.5 Å². The summed E-state index contributed by atoms with van der Waals surface area (Å²) < 4.78 is 0. The van der Waals surface area contributed by atoms with Crippen molar-refractivity contribution in [3.8, 4) is 0 Å². The molecule has 98 valence electrons. The van der Waals surface area contributed by atoms with Crippen LogP contribution < -0.4 is 10.6 Å². The fraction of sp³-hybridized carbons (Fsp3) is 0.700. The summed E-state index contributed by atoms with van der Waals surface area (Å²) in [5, 5.41) is 13.5. The molecule has 0 aromatic carbocycles. The number of hydrogen-bond donors (Lipinski definition) is 3. The highest BCUT2D eigenvalue weighted by Gasteiger charge is 2.15. The van der Waals surface area contributed by atoms with Gasteiger partial charge in [-0.1, -0.05) is 0 Å². The van der Waals surface area contributed by atoms with Gasteiger partial charge in [0.15, 0.2) is 0 Å². The number of carbonyl (C=O) groups excluding carboxylic acids is 2. The van der Waals surface area contributed by atoms with E-state index in [2.05, 4.69) is 10.6 Å². The first-order valence-electron chi connectivity index (χ1n) is 5.32. The van der Waals surface area contributed by atoms with E-state index in [1.54, 1.807) is 18.8 Å². The highest BCUT2D eigenvalue weighted by atomic mass is 32.2. The van der Waals surface area contributed by atoms with E-state index in [1.165, 1.54) is 0 Å². The number of amides is 2. The summed E-state index contributed by atoms with van der Waals surface area (Å²) >= 11 is 1.58. The van der Waals surface area contributed by atoms with E-state index in [4.69, 9.17) is 5.11 Å². The van der Waals surface area contributed by atoms with E-state index in [0.29, 0.717) is 25.0 Å². The molecule has 0 aromatic heterocycles. The van der Waals surface area contributed by atoms with Gasteiger partial charge in [0.25, 0.3) is 0 Å². The zero-order valence-electron chi connectivity index (χ0n) is 9.77. The number of rotatable bonds is 10. The van der Waals surface area contributed by atoms with Crippen LogP contribution in [0.5, 0.6) is 0 Å². The molecule has 0 aliphatic rings. The normalized spacial score (nSPS) is 11.6. The molecule has 0 aliphatic carbocycles. The van der Waals surface area contributed by atoms with Crippen molar-refractivity contribution in [2.45, 2.75) is 25.3 Å². The van der Waals surface area contributed by atoms with Crippen LogP contribution in [0.2, 0.25) is 0 Å². The van der Waals surface area contributed by atoms with E-state index >= 15 is 0 Å². The van der Waals surface area contributed by atoms with Crippen molar-refractivity contribution in [3.63, 3.8) is 0 Å². The molecule has 0 saturated carbocycles. The minimum absolute atomic E-state index is 0.0108. The lowest BCUT2D eigenvalue weighted by Crippen LogP contribution is -2.36. The van der Waals surface area contributed by atoms with Gasteiger partial charge in [0, 0.05) is 13.5 Å². The second kappa shape index (κ2) is 9.95. The zero-order valence-corrected chi connectivity index (χ0v) is 10.6. The minimum atomic E-state index is -1.02. The Morgan fingerprint density at radius 1 is 1.41 bits per heavy atom. The third kappa shape index (κ3) is 8.56. The lowest BCUT2D eigenvalue weighted by Gasteiger charge is -2.10. The van der Waals surface area contributed by atoms with Crippen molar-refractivity contribution in [2.24, 2.45) is 0 Å². The smallest absolute Gasteiger partial charge is 0.326 e. The second-order valence-corrected chi connectivity index (χ2v) is 4.58. The maximum atomic E-state index is 10.9. The molecular formula is C10H18N2O4S. The molecule has 0 fully saturated rings. The highest BCUT2D eigenvalue weighted by molar-refractivity contribution is 7.99. The molecule has 0 saturated heterocycles. The molecule has 2 amide bonds. The molecule has 0 bridgehead atoms. The van der Waals surface area contributed by atoms with Gasteiger partial charge in [0.05, 0.1) is 0 Å². The standard InChI is InChI=1S/C10H18N2O4S/c1-11-9(14)3-2-5-17-6-4-8(10(15)16)12-7-13/h7-8H,2-6H2,1H3,(H,11,14)(H,12,13)(H,15,16). The van der Waals surface area contributed by atoms with Crippen molar-refractivity contribution >= 4 is 30.0 Å². The van der Waals surface area contributed by atoms with Crippen LogP contribution in [-0.4, -0.2) is 48.0 Å². The Hall–Kier alpha value is -1.24. The number of aliphatic carboxylic acids is 1. The van der Waals surface area contributed by atoms with E-state index < -0.39 is 12.0 Å². The summed E-state index contributed by atoms with van der Waals surface area (Å²) in [7, 11) is 1.60. The van der Waals surface area contributed by atoms with Crippen LogP contribution in [-0.2, 0) is 14.4 Å². The maximum absolute atomic E-state index is 10.9. The average molecular weight is 262 g/mol. The van der Waals surface area contributed by atoms with Gasteiger partial charge in [-0.15, -0.1) is 0 Å². The molecule has 0 spiro atoms. The Labute approximate surface area is 105 Å². The van der Waals surface area contributed by atoms with Crippen LogP contribution >= 0.6 is 11.8 Å². The molecular weight excluding hydrogens is 244 g/mol. The Morgan fingerprint density at radius 3 is 2.65 bits per heavy atom. The average Bonchev–Trinajstić information content (AvgIpc) is 2.31. The molecule has 0 rings (SSSR count). The Bertz CT molecular complexity index is 261. The first-order chi connectivity index (χ1) is 8.11. The fourth-order valence-corrected chi connectivity index (χ4v) is 2.08. The van der Waals surface area contributed by atoms with Crippen LogP contribution in [0.4, 0.5) is 0 Å². The summed E-state index contributed by atoms with van der Waals surface area (Å²) in [6, 6.07) is -0.820. The highest BCUT2D eigenvalue weighted by Crippen LogP contribution is 2.08. The lowest BCUT2D eigenvalue weighted by atomic mass is 10.2. The van der Waals surface area contributed by atoms with Gasteiger partial charge < -0.3 is 15.7 Å². The zero-order chi connectivity index (χ0) is 13.1. The van der Waals surface area contributed by atoms with Gasteiger partial charge in [-0.25, -0.2) is 4.79 Å². The van der Waals surface area contributed by atoms with E-state index in [0.717, 1.165) is 12.2 Å². The van der Waals surface area contributed by atoms with Crippen molar-refractivity contribution in [2.75, 3.05) is 18.6 Å². The van der Waals surface area contributed by atoms with Crippen molar-refractivity contribution in [1.82, 2.24) is 10.6 Å². The van der Waals surface area contributed by atoms with Gasteiger partial charge in [-0.2, -0.15) is 11.8 Å². The van der Waals surface area contributed by atoms with Crippen LogP contribution in [0, 0.1) is 0 Å². The molecule has 0 radical (unpaired) electrons. The van der Waals surface area contributed by atoms with Crippen LogP contribution in [0.25, 0.3) is 0 Å². The molecule has 0 aromatic rings. The predicted octanol–water partition coefficient (Wildman–Crippen LogP) is -0.165. The monoisotopic (exact) mass is 262 g/mol. The Balaban J connectivity index is 3.51. The fourth-order valence-electron chi connectivity index (χ4n) is 1.12. The molecule has 17 heavy (non-hydrogen) atoms. The molecule has 1 atom stereocenters. The third-order valence-corrected chi connectivity index (χ3v) is 3.19. The molecule has 3 N–H and O–H groups in total. The minimum Gasteiger partial charge on any atom is -0.480 e. The van der Waals surface area contributed by atoms with E-state index in [9.17, 15) is 14.4 Å². The first kappa shape index (κ1) is 15.8. The molecule has 7 heteroatoms. The summed E-state index contributed by atoms with van der Waals surface area (Å²) in [6.07, 6.45) is 2.04. The SMILES string of the molecule is CNC(=O)CCCSCCC(NC=O)C(=O)O. The van der Waals surface area contributed by atoms with E-state index in [-0.39, 0.29) is 5.91 Å². The number of hydrogen-bond acceptors (Lipinski definition) is 4. The van der Waals surface area contributed by atoms with Crippen molar-refractivity contribution in [3.05, 3.63) is 0 Å². The number of carboxylic acids is 1. The summed E-state index contributed by atoms with van der Waals surface area (Å²) in [5.41, 5.74) is 0. The predicted molar refractivity (Wildman–Crippen MR) is 65.9 cm³/mol. The lowest BCUT2D eigenvalue weighted by molar-refractivity contribution is -0.140. The van der Waals surface area contributed by atoms with Crippen LogP contribution in [0.1, 0.15) is 19.3 Å². The van der Waals surface area contributed by atoms with Gasteiger partial charge >= 0.3 is 5.97 Å². The van der Waals surface area contributed by atoms with Gasteiger partial charge in [-0.3, -0.25) is 9.59 Å². The largest absolute Gasteiger partial charge is 0.480 e. The molecule has 0 heterocycles. The number of carbonyl (C=O) groups is 3. The van der Waals surface area contributed by atoms with Gasteiger partial charge in [0.1, 0.15) is 6.04 Å². The Kier molecular flexibility index (Phi) is 9.22. The number of thioether (sulfide) groups is 1. The van der Waals surface area contributed by atoms with E-state index in [1.807, 2.05) is 0 Å². The number of carboxylic acid groups (broad SMARTS) is 1. The summed E-state index contributed by atoms with van der Waals surface area (Å²) in [6.45, 7) is 0. The molecule has 1 unspecified atom stereocenters. The maximum Gasteiger partial charge on any atom is 0.326 e. The summed E-state index contributed by atoms with van der Waals surface area (Å²) in [4.78, 5) is 31.7. The Morgan fingerprint density at radius 2 is 2.12 bits per heavy atom. The molecule has 0 aliphatic heterocycles. The third-order valence-electron chi connectivity index (χ3n) is 2.09. The molecule has 6 nitrogen and oxygen atoms in total. The van der Waals surface area contributed by atoms with Crippen molar-refractivity contribution in [1.29, 1.82) is 0 Å². The van der Waals surface area contributed by atoms with Crippen molar-refractivity contribution < 1.29 is 19.5 Å².